The van der Waals surface area contributed by atoms with E-state index in [0.29, 0.717) is 5.69 Å². The van der Waals surface area contributed by atoms with Crippen molar-refractivity contribution in [1.29, 1.82) is 0 Å². The molecule has 1 atom stereocenters. The summed E-state index contributed by atoms with van der Waals surface area (Å²) in [4.78, 5) is 29.4. The van der Waals surface area contributed by atoms with E-state index < -0.39 is 28.5 Å². The maximum atomic E-state index is 14.4. The predicted octanol–water partition coefficient (Wildman–Crippen LogP) is 5.50. The van der Waals surface area contributed by atoms with Crippen LogP contribution in [0.15, 0.2) is 102 Å². The van der Waals surface area contributed by atoms with E-state index in [2.05, 4.69) is 5.32 Å². The highest BCUT2D eigenvalue weighted by molar-refractivity contribution is 7.92. The van der Waals surface area contributed by atoms with Crippen molar-refractivity contribution in [2.45, 2.75) is 51.6 Å². The molecule has 7 nitrogen and oxygen atoms in total. The Kier molecular flexibility index (Phi) is 10.0. The first-order valence-electron chi connectivity index (χ1n) is 14.3. The van der Waals surface area contributed by atoms with Gasteiger partial charge in [-0.3, -0.25) is 13.9 Å². The first kappa shape index (κ1) is 31.5. The number of nitrogens with one attached hydrogen (secondary N) is 1. The van der Waals surface area contributed by atoms with E-state index in [9.17, 15) is 18.0 Å². The van der Waals surface area contributed by atoms with Gasteiger partial charge in [-0.05, 0) is 79.8 Å². The van der Waals surface area contributed by atoms with Crippen molar-refractivity contribution in [3.63, 3.8) is 0 Å². The lowest BCUT2D eigenvalue weighted by atomic mass is 10.0. The number of anilines is 1. The average Bonchev–Trinajstić information content (AvgIpc) is 3.00. The number of hydrogen-bond acceptors (Lipinski definition) is 4. The molecule has 4 aromatic rings. The minimum absolute atomic E-state index is 0.0849. The molecule has 0 radical (unpaired) electrons. The molecule has 0 aromatic heterocycles. The lowest BCUT2D eigenvalue weighted by Crippen LogP contribution is -2.53. The van der Waals surface area contributed by atoms with E-state index in [4.69, 9.17) is 0 Å². The van der Waals surface area contributed by atoms with Crippen LogP contribution in [0.3, 0.4) is 0 Å². The van der Waals surface area contributed by atoms with Gasteiger partial charge in [0, 0.05) is 20.0 Å². The monoisotopic (exact) mass is 597 g/mol. The molecule has 224 valence electrons. The third kappa shape index (κ3) is 7.51. The molecule has 1 unspecified atom stereocenters. The Bertz CT molecular complexity index is 1690. The molecule has 4 rings (SSSR count). The van der Waals surface area contributed by atoms with Crippen LogP contribution < -0.4 is 9.62 Å². The molecule has 0 aliphatic heterocycles. The zero-order valence-electron chi connectivity index (χ0n) is 25.4. The van der Waals surface area contributed by atoms with Gasteiger partial charge in [0.1, 0.15) is 12.6 Å². The minimum Gasteiger partial charge on any atom is -0.357 e. The Hall–Kier alpha value is -4.43. The van der Waals surface area contributed by atoms with E-state index in [-0.39, 0.29) is 23.8 Å². The molecule has 0 saturated carbocycles. The van der Waals surface area contributed by atoms with Crippen LogP contribution in [0, 0.1) is 27.7 Å². The maximum Gasteiger partial charge on any atom is 0.264 e. The van der Waals surface area contributed by atoms with E-state index in [0.717, 1.165) is 37.7 Å². The molecule has 0 aliphatic carbocycles. The summed E-state index contributed by atoms with van der Waals surface area (Å²) in [5.41, 5.74) is 5.94. The van der Waals surface area contributed by atoms with Crippen molar-refractivity contribution in [2.75, 3.05) is 17.9 Å². The number of amides is 2. The van der Waals surface area contributed by atoms with Crippen LogP contribution in [0.25, 0.3) is 0 Å². The minimum atomic E-state index is -4.14. The molecule has 0 saturated heterocycles. The first-order valence-corrected chi connectivity index (χ1v) is 15.7. The zero-order valence-corrected chi connectivity index (χ0v) is 26.2. The number of carbonyl (C=O) groups is 2. The van der Waals surface area contributed by atoms with Crippen LogP contribution in [0.2, 0.25) is 0 Å². The van der Waals surface area contributed by atoms with Gasteiger partial charge < -0.3 is 10.2 Å². The van der Waals surface area contributed by atoms with Gasteiger partial charge in [0.15, 0.2) is 0 Å². The SMILES string of the molecule is CNC(=O)C(Cc1ccccc1)N(Cc1ccccc1C)C(=O)CN(c1ccc(C)c(C)c1)S(=O)(=O)c1ccc(C)cc1. The van der Waals surface area contributed by atoms with Gasteiger partial charge in [-0.25, -0.2) is 8.42 Å². The molecular formula is C35H39N3O4S. The lowest BCUT2D eigenvalue weighted by Gasteiger charge is -2.34. The Morgan fingerprint density at radius 2 is 1.42 bits per heavy atom. The van der Waals surface area contributed by atoms with E-state index in [1.54, 1.807) is 43.4 Å². The van der Waals surface area contributed by atoms with Crippen LogP contribution in [0.4, 0.5) is 5.69 Å². The fourth-order valence-electron chi connectivity index (χ4n) is 4.94. The van der Waals surface area contributed by atoms with Gasteiger partial charge in [-0.2, -0.15) is 0 Å². The van der Waals surface area contributed by atoms with E-state index in [1.807, 2.05) is 88.4 Å². The highest BCUT2D eigenvalue weighted by Gasteiger charge is 2.34. The Labute approximate surface area is 255 Å². The van der Waals surface area contributed by atoms with E-state index in [1.165, 1.54) is 4.90 Å². The van der Waals surface area contributed by atoms with Crippen LogP contribution in [-0.4, -0.2) is 44.8 Å². The summed E-state index contributed by atoms with van der Waals surface area (Å²) in [6.45, 7) is 7.35. The van der Waals surface area contributed by atoms with Crippen molar-refractivity contribution < 1.29 is 18.0 Å². The zero-order chi connectivity index (χ0) is 31.1. The summed E-state index contributed by atoms with van der Waals surface area (Å²) in [7, 11) is -2.59. The summed E-state index contributed by atoms with van der Waals surface area (Å²) in [5, 5.41) is 2.72. The molecule has 0 aliphatic rings. The summed E-state index contributed by atoms with van der Waals surface area (Å²) in [5.74, 6) is -0.813. The van der Waals surface area contributed by atoms with Gasteiger partial charge in [-0.1, -0.05) is 78.4 Å². The third-order valence-corrected chi connectivity index (χ3v) is 9.57. The molecule has 0 bridgehead atoms. The van der Waals surface area contributed by atoms with Gasteiger partial charge in [0.25, 0.3) is 10.0 Å². The largest absolute Gasteiger partial charge is 0.357 e. The average molecular weight is 598 g/mol. The molecule has 4 aromatic carbocycles. The van der Waals surface area contributed by atoms with Crippen molar-refractivity contribution in [3.8, 4) is 0 Å². The second kappa shape index (κ2) is 13.7. The topological polar surface area (TPSA) is 86.8 Å². The lowest BCUT2D eigenvalue weighted by molar-refractivity contribution is -0.139. The van der Waals surface area contributed by atoms with Crippen LogP contribution >= 0.6 is 0 Å². The number of likely N-dealkylation sites (N-methyl/N-ethyl adjacent to an activating group) is 1. The van der Waals surface area contributed by atoms with Gasteiger partial charge in [0.2, 0.25) is 11.8 Å². The van der Waals surface area contributed by atoms with Crippen LogP contribution in [-0.2, 0) is 32.6 Å². The molecule has 0 fully saturated rings. The number of sulfonamides is 1. The predicted molar refractivity (Wildman–Crippen MR) is 171 cm³/mol. The highest BCUT2D eigenvalue weighted by atomic mass is 32.2. The molecule has 0 heterocycles. The van der Waals surface area contributed by atoms with E-state index >= 15 is 0 Å². The normalized spacial score (nSPS) is 11.9. The standard InChI is InChI=1S/C35H39N3O4S/c1-25-15-19-32(20-16-25)43(41,42)38(31-18-17-26(2)28(4)21-31)24-34(39)37(23-30-14-10-9-11-27(30)3)33(35(40)36-5)22-29-12-7-6-8-13-29/h6-21,33H,22-24H2,1-5H3,(H,36,40). The second-order valence-electron chi connectivity index (χ2n) is 10.9. The Morgan fingerprint density at radius 1 is 0.767 bits per heavy atom. The number of hydrogen-bond donors (Lipinski definition) is 1. The number of nitrogens with zero attached hydrogens (tertiary/aromatic N) is 2. The van der Waals surface area contributed by atoms with Crippen molar-refractivity contribution >= 4 is 27.5 Å². The fourth-order valence-corrected chi connectivity index (χ4v) is 6.34. The summed E-state index contributed by atoms with van der Waals surface area (Å²) < 4.78 is 29.4. The molecular weight excluding hydrogens is 558 g/mol. The molecule has 43 heavy (non-hydrogen) atoms. The number of aryl methyl sites for hydroxylation is 4. The summed E-state index contributed by atoms with van der Waals surface area (Å²) >= 11 is 0. The molecule has 1 N–H and O–H groups in total. The highest BCUT2D eigenvalue weighted by Crippen LogP contribution is 2.27. The number of rotatable bonds is 11. The van der Waals surface area contributed by atoms with Crippen molar-refractivity contribution in [3.05, 3.63) is 130 Å². The smallest absolute Gasteiger partial charge is 0.264 e. The second-order valence-corrected chi connectivity index (χ2v) is 12.7. The fraction of sp³-hybridized carbons (Fsp3) is 0.257. The van der Waals surface area contributed by atoms with Gasteiger partial charge in [0.05, 0.1) is 10.6 Å². The van der Waals surface area contributed by atoms with Crippen molar-refractivity contribution in [2.24, 2.45) is 0 Å². The first-order chi connectivity index (χ1) is 20.5. The van der Waals surface area contributed by atoms with Gasteiger partial charge in [-0.15, -0.1) is 0 Å². The van der Waals surface area contributed by atoms with Crippen LogP contribution in [0.5, 0.6) is 0 Å². The van der Waals surface area contributed by atoms with Crippen molar-refractivity contribution in [1.82, 2.24) is 10.2 Å². The molecule has 0 spiro atoms. The van der Waals surface area contributed by atoms with Gasteiger partial charge >= 0.3 is 0 Å². The maximum absolute atomic E-state index is 14.4. The quantitative estimate of drug-likeness (QED) is 0.247. The summed E-state index contributed by atoms with van der Waals surface area (Å²) in [6.07, 6.45) is 0.270. The number of benzene rings is 4. The molecule has 2 amide bonds. The number of carbonyl (C=O) groups excluding carboxylic acids is 2. The summed E-state index contributed by atoms with van der Waals surface area (Å²) in [6, 6.07) is 28.2. The third-order valence-electron chi connectivity index (χ3n) is 7.79. The van der Waals surface area contributed by atoms with Crippen LogP contribution in [0.1, 0.15) is 33.4 Å². The Morgan fingerprint density at radius 3 is 2.05 bits per heavy atom. The Balaban J connectivity index is 1.81. The molecule has 8 heteroatoms.